The highest BCUT2D eigenvalue weighted by Crippen LogP contribution is 2.51. The van der Waals surface area contributed by atoms with E-state index in [1.54, 1.807) is 13.8 Å². The van der Waals surface area contributed by atoms with Crippen molar-refractivity contribution >= 4 is 21.6 Å². The van der Waals surface area contributed by atoms with Crippen molar-refractivity contribution in [1.82, 2.24) is 5.32 Å². The van der Waals surface area contributed by atoms with Gasteiger partial charge in [0.1, 0.15) is 5.82 Å². The molecular formula is C24H26F7N3O4S. The summed E-state index contributed by atoms with van der Waals surface area (Å²) in [5, 5.41) is 12.4. The molecule has 1 aliphatic heterocycles. The molecule has 15 heteroatoms. The lowest BCUT2D eigenvalue weighted by molar-refractivity contribution is -0.376. The summed E-state index contributed by atoms with van der Waals surface area (Å²) in [7, 11) is -4.58. The molecule has 0 bridgehead atoms. The molecule has 0 saturated carbocycles. The number of nitrogens with one attached hydrogen (secondary N) is 1. The van der Waals surface area contributed by atoms with Crippen LogP contribution in [-0.4, -0.2) is 49.9 Å². The minimum absolute atomic E-state index is 0.0384. The molecule has 2 aromatic rings. The lowest BCUT2D eigenvalue weighted by Crippen LogP contribution is -2.54. The van der Waals surface area contributed by atoms with Gasteiger partial charge in [0.2, 0.25) is 5.91 Å². The Bertz CT molecular complexity index is 1310. The minimum atomic E-state index is -6.13. The van der Waals surface area contributed by atoms with Gasteiger partial charge in [0.25, 0.3) is 15.6 Å². The largest absolute Gasteiger partial charge is 0.430 e. The first kappa shape index (κ1) is 30.6. The summed E-state index contributed by atoms with van der Waals surface area (Å²) in [6.07, 6.45) is -13.0. The van der Waals surface area contributed by atoms with Crippen LogP contribution in [0.25, 0.3) is 0 Å². The normalized spacial score (nSPS) is 17.1. The summed E-state index contributed by atoms with van der Waals surface area (Å²) < 4.78 is 122. The van der Waals surface area contributed by atoms with E-state index in [9.17, 15) is 49.1 Å². The Morgan fingerprint density at radius 2 is 1.62 bits per heavy atom. The molecule has 1 amide bonds. The van der Waals surface area contributed by atoms with Gasteiger partial charge in [-0.3, -0.25) is 9.10 Å². The third kappa shape index (κ3) is 6.14. The monoisotopic (exact) mass is 585 g/mol. The molecule has 0 aliphatic carbocycles. The molecule has 7 nitrogen and oxygen atoms in total. The van der Waals surface area contributed by atoms with Crippen molar-refractivity contribution in [3.8, 4) is 0 Å². The zero-order valence-electron chi connectivity index (χ0n) is 20.7. The van der Waals surface area contributed by atoms with Gasteiger partial charge in [0.05, 0.1) is 16.6 Å². The van der Waals surface area contributed by atoms with Crippen molar-refractivity contribution in [3.05, 3.63) is 59.4 Å². The molecule has 1 aliphatic rings. The summed E-state index contributed by atoms with van der Waals surface area (Å²) in [6.45, 7) is 3.31. The van der Waals surface area contributed by atoms with E-state index in [0.29, 0.717) is 12.1 Å². The van der Waals surface area contributed by atoms with Gasteiger partial charge in [-0.2, -0.15) is 26.3 Å². The molecule has 4 N–H and O–H groups in total. The van der Waals surface area contributed by atoms with Crippen molar-refractivity contribution in [3.63, 3.8) is 0 Å². The van der Waals surface area contributed by atoms with Crippen LogP contribution in [0.3, 0.4) is 0 Å². The number of anilines is 1. The lowest BCUT2D eigenvalue weighted by atomic mass is 9.87. The molecule has 0 saturated heterocycles. The topological polar surface area (TPSA) is 113 Å². The second-order valence-electron chi connectivity index (χ2n) is 9.97. The molecule has 1 atom stereocenters. The Balaban J connectivity index is 2.12. The Morgan fingerprint density at radius 3 is 2.13 bits per heavy atom. The van der Waals surface area contributed by atoms with E-state index in [0.717, 1.165) is 34.6 Å². The summed E-state index contributed by atoms with van der Waals surface area (Å²) in [5.41, 5.74) is -2.21. The smallest absolute Gasteiger partial charge is 0.369 e. The van der Waals surface area contributed by atoms with Gasteiger partial charge in [-0.1, -0.05) is 12.1 Å². The quantitative estimate of drug-likeness (QED) is 0.427. The maximum Gasteiger partial charge on any atom is 0.430 e. The number of aliphatic hydroxyl groups is 1. The first-order valence-corrected chi connectivity index (χ1v) is 13.0. The van der Waals surface area contributed by atoms with Crippen LogP contribution in [0.1, 0.15) is 37.8 Å². The van der Waals surface area contributed by atoms with Crippen LogP contribution in [0.4, 0.5) is 36.4 Å². The summed E-state index contributed by atoms with van der Waals surface area (Å²) in [5.74, 6) is -1.35. The van der Waals surface area contributed by atoms with Crippen LogP contribution in [0.5, 0.6) is 0 Å². The number of amides is 1. The Hall–Kier alpha value is -2.91. The first-order chi connectivity index (χ1) is 17.7. The number of nitrogens with zero attached hydrogens (tertiary/aromatic N) is 1. The van der Waals surface area contributed by atoms with E-state index in [4.69, 9.17) is 5.73 Å². The molecule has 0 spiro atoms. The Morgan fingerprint density at radius 1 is 1.05 bits per heavy atom. The van der Waals surface area contributed by atoms with Gasteiger partial charge in [-0.25, -0.2) is 12.8 Å². The maximum absolute atomic E-state index is 13.6. The molecule has 2 aromatic carbocycles. The summed E-state index contributed by atoms with van der Waals surface area (Å²) in [4.78, 5) is 12.2. The number of aryl methyl sites for hydroxylation is 1. The molecule has 39 heavy (non-hydrogen) atoms. The van der Waals surface area contributed by atoms with Crippen LogP contribution >= 0.6 is 0 Å². The number of alkyl halides is 6. The number of nitrogens with two attached hydrogens (primary N) is 1. The standard InChI is InChI=1S/C24H26F7N3O4S/c1-21(2,32)13-33-20(35)12-17-7-3-14-11-15(22(36,23(26,27)28)24(29,30)31)4-10-19(14)34(17)39(37,38)18-8-5-16(25)6-9-18/h4-6,8-11,17,36H,3,7,12-13,32H2,1-2H3,(H,33,35). The fourth-order valence-electron chi connectivity index (χ4n) is 4.19. The van der Waals surface area contributed by atoms with Crippen LogP contribution in [0.2, 0.25) is 0 Å². The molecule has 3 rings (SSSR count). The second-order valence-corrected chi connectivity index (χ2v) is 11.8. The number of benzene rings is 2. The number of carbonyl (C=O) groups is 1. The van der Waals surface area contributed by atoms with Crippen molar-refractivity contribution in [2.75, 3.05) is 10.8 Å². The molecule has 216 valence electrons. The minimum Gasteiger partial charge on any atom is -0.369 e. The molecule has 0 radical (unpaired) electrons. The molecule has 1 unspecified atom stereocenters. The van der Waals surface area contributed by atoms with Gasteiger partial charge in [-0.05, 0) is 62.6 Å². The highest BCUT2D eigenvalue weighted by Gasteiger charge is 2.71. The van der Waals surface area contributed by atoms with Crippen LogP contribution in [0, 0.1) is 5.82 Å². The number of carbonyl (C=O) groups excluding carboxylic acids is 1. The predicted octanol–water partition coefficient (Wildman–Crippen LogP) is 3.89. The SMILES string of the molecule is CC(C)(N)CNC(=O)CC1CCc2cc(C(O)(C(F)(F)F)C(F)(F)F)ccc2N1S(=O)(=O)c1ccc(F)cc1. The van der Waals surface area contributed by atoms with E-state index in [1.807, 2.05) is 0 Å². The number of hydrogen-bond donors (Lipinski definition) is 3. The van der Waals surface area contributed by atoms with Gasteiger partial charge in [0, 0.05) is 24.1 Å². The number of rotatable bonds is 7. The molecule has 0 fully saturated rings. The van der Waals surface area contributed by atoms with E-state index < -0.39 is 68.2 Å². The zero-order chi connectivity index (χ0) is 29.6. The zero-order valence-corrected chi connectivity index (χ0v) is 21.5. The molecule has 1 heterocycles. The van der Waals surface area contributed by atoms with Crippen LogP contribution < -0.4 is 15.4 Å². The number of sulfonamides is 1. The lowest BCUT2D eigenvalue weighted by Gasteiger charge is -2.39. The van der Waals surface area contributed by atoms with E-state index in [-0.39, 0.29) is 30.6 Å². The Labute approximate surface area is 219 Å². The third-order valence-electron chi connectivity index (χ3n) is 6.17. The van der Waals surface area contributed by atoms with Crippen LogP contribution in [0.15, 0.2) is 47.4 Å². The van der Waals surface area contributed by atoms with E-state index >= 15 is 0 Å². The van der Waals surface area contributed by atoms with Crippen LogP contribution in [-0.2, 0) is 26.8 Å². The van der Waals surface area contributed by atoms with Crippen molar-refractivity contribution in [1.29, 1.82) is 0 Å². The first-order valence-electron chi connectivity index (χ1n) is 11.5. The second kappa shape index (κ2) is 10.2. The average Bonchev–Trinajstić information content (AvgIpc) is 2.80. The van der Waals surface area contributed by atoms with Gasteiger partial charge >= 0.3 is 12.4 Å². The Kier molecular flexibility index (Phi) is 8.05. The average molecular weight is 586 g/mol. The van der Waals surface area contributed by atoms with Gasteiger partial charge in [0.15, 0.2) is 0 Å². The van der Waals surface area contributed by atoms with E-state index in [2.05, 4.69) is 5.32 Å². The van der Waals surface area contributed by atoms with E-state index in [1.165, 1.54) is 0 Å². The highest BCUT2D eigenvalue weighted by molar-refractivity contribution is 7.92. The fourth-order valence-corrected chi connectivity index (χ4v) is 5.91. The molecule has 0 aromatic heterocycles. The summed E-state index contributed by atoms with van der Waals surface area (Å²) in [6, 6.07) is 4.02. The van der Waals surface area contributed by atoms with Crippen molar-refractivity contribution in [2.45, 2.75) is 67.5 Å². The van der Waals surface area contributed by atoms with Gasteiger partial charge < -0.3 is 16.2 Å². The number of hydrogen-bond acceptors (Lipinski definition) is 5. The predicted molar refractivity (Wildman–Crippen MR) is 127 cm³/mol. The molecular weight excluding hydrogens is 559 g/mol. The number of halogens is 7. The van der Waals surface area contributed by atoms with Crippen molar-refractivity contribution < 1.29 is 49.1 Å². The summed E-state index contributed by atoms with van der Waals surface area (Å²) >= 11 is 0. The van der Waals surface area contributed by atoms with Gasteiger partial charge in [-0.15, -0.1) is 0 Å². The van der Waals surface area contributed by atoms with Crippen molar-refractivity contribution in [2.24, 2.45) is 5.73 Å². The fraction of sp³-hybridized carbons (Fsp3) is 0.458. The maximum atomic E-state index is 13.6. The third-order valence-corrected chi connectivity index (χ3v) is 8.05. The number of fused-ring (bicyclic) bond motifs is 1. The highest BCUT2D eigenvalue weighted by atomic mass is 32.2.